The Bertz CT molecular complexity index is 1080. The second-order valence-electron chi connectivity index (χ2n) is 6.47. The maximum atomic E-state index is 12.5. The number of aromatic nitrogens is 2. The van der Waals surface area contributed by atoms with Gasteiger partial charge in [0.15, 0.2) is 0 Å². The zero-order valence-corrected chi connectivity index (χ0v) is 16.5. The third-order valence-corrected chi connectivity index (χ3v) is 4.11. The van der Waals surface area contributed by atoms with Gasteiger partial charge in [0.25, 0.3) is 5.69 Å². The number of anilines is 2. The zero-order chi connectivity index (χ0) is 23.1. The number of hydrogen-bond donors (Lipinski definition) is 3. The van der Waals surface area contributed by atoms with Crippen molar-refractivity contribution in [3.8, 4) is 17.0 Å². The molecule has 0 radical (unpaired) electrons. The molecule has 12 heteroatoms. The van der Waals surface area contributed by atoms with Crippen molar-refractivity contribution in [2.24, 2.45) is 0 Å². The molecule has 0 saturated carbocycles. The average Bonchev–Trinajstić information content (AvgIpc) is 2.75. The summed E-state index contributed by atoms with van der Waals surface area (Å²) in [6, 6.07) is 12.8. The number of hydrogen-bond acceptors (Lipinski definition) is 8. The van der Waals surface area contributed by atoms with Crippen molar-refractivity contribution in [2.75, 3.05) is 23.8 Å². The number of ether oxygens (including phenoxy) is 1. The highest BCUT2D eigenvalue weighted by Gasteiger charge is 2.31. The van der Waals surface area contributed by atoms with Gasteiger partial charge in [-0.05, 0) is 17.7 Å². The van der Waals surface area contributed by atoms with Gasteiger partial charge in [0.2, 0.25) is 5.95 Å². The molecule has 0 unspecified atom stereocenters. The topological polar surface area (TPSA) is 122 Å². The molecular formula is C20H18F3N5O4. The van der Waals surface area contributed by atoms with Gasteiger partial charge in [-0.25, -0.2) is 4.98 Å². The van der Waals surface area contributed by atoms with Gasteiger partial charge in [-0.15, -0.1) is 13.2 Å². The molecule has 3 N–H and O–H groups in total. The van der Waals surface area contributed by atoms with Gasteiger partial charge < -0.3 is 20.5 Å². The lowest BCUT2D eigenvalue weighted by molar-refractivity contribution is -0.384. The monoisotopic (exact) mass is 449 g/mol. The predicted molar refractivity (Wildman–Crippen MR) is 110 cm³/mol. The van der Waals surface area contributed by atoms with E-state index in [9.17, 15) is 23.3 Å². The number of aliphatic hydroxyl groups excluding tert-OH is 1. The van der Waals surface area contributed by atoms with Crippen LogP contribution in [0.25, 0.3) is 11.3 Å². The molecule has 1 heterocycles. The van der Waals surface area contributed by atoms with Crippen LogP contribution in [0.3, 0.4) is 0 Å². The quantitative estimate of drug-likeness (QED) is 0.331. The van der Waals surface area contributed by atoms with Crippen molar-refractivity contribution in [1.29, 1.82) is 0 Å². The fourth-order valence-corrected chi connectivity index (χ4v) is 2.71. The maximum absolute atomic E-state index is 12.5. The summed E-state index contributed by atoms with van der Waals surface area (Å²) in [6.07, 6.45) is -4.82. The van der Waals surface area contributed by atoms with Gasteiger partial charge in [-0.1, -0.05) is 24.3 Å². The summed E-state index contributed by atoms with van der Waals surface area (Å²) >= 11 is 0. The van der Waals surface area contributed by atoms with E-state index in [1.807, 2.05) is 0 Å². The molecule has 2 aromatic carbocycles. The highest BCUT2D eigenvalue weighted by atomic mass is 19.4. The van der Waals surface area contributed by atoms with Gasteiger partial charge >= 0.3 is 6.36 Å². The minimum atomic E-state index is -4.82. The molecular weight excluding hydrogens is 431 g/mol. The lowest BCUT2D eigenvalue weighted by atomic mass is 10.1. The van der Waals surface area contributed by atoms with E-state index < -0.39 is 11.3 Å². The van der Waals surface area contributed by atoms with Crippen LogP contribution in [0.5, 0.6) is 5.75 Å². The van der Waals surface area contributed by atoms with E-state index in [1.54, 1.807) is 24.3 Å². The van der Waals surface area contributed by atoms with Gasteiger partial charge in [0, 0.05) is 36.9 Å². The fourth-order valence-electron chi connectivity index (χ4n) is 2.71. The third-order valence-electron chi connectivity index (χ3n) is 4.11. The number of nitrogens with one attached hydrogen (secondary N) is 2. The van der Waals surface area contributed by atoms with Crippen LogP contribution in [0.15, 0.2) is 54.6 Å². The van der Waals surface area contributed by atoms with Crippen LogP contribution in [0.2, 0.25) is 0 Å². The molecule has 1 aromatic heterocycles. The van der Waals surface area contributed by atoms with Crippen molar-refractivity contribution in [3.05, 3.63) is 70.3 Å². The van der Waals surface area contributed by atoms with E-state index in [4.69, 9.17) is 5.11 Å². The Balaban J connectivity index is 1.84. The van der Waals surface area contributed by atoms with Crippen molar-refractivity contribution in [1.82, 2.24) is 9.97 Å². The lowest BCUT2D eigenvalue weighted by Crippen LogP contribution is -2.17. The van der Waals surface area contributed by atoms with E-state index in [0.29, 0.717) is 17.1 Å². The van der Waals surface area contributed by atoms with Crippen molar-refractivity contribution >= 4 is 17.5 Å². The minimum absolute atomic E-state index is 0.0329. The van der Waals surface area contributed by atoms with E-state index in [0.717, 1.165) is 5.56 Å². The highest BCUT2D eigenvalue weighted by Crippen LogP contribution is 2.28. The van der Waals surface area contributed by atoms with Crippen LogP contribution >= 0.6 is 0 Å². The first kappa shape index (κ1) is 22.7. The molecule has 0 amide bonds. The minimum Gasteiger partial charge on any atom is -0.406 e. The Morgan fingerprint density at radius 2 is 1.81 bits per heavy atom. The second-order valence-corrected chi connectivity index (χ2v) is 6.47. The summed E-state index contributed by atoms with van der Waals surface area (Å²) in [7, 11) is 0. The number of alkyl halides is 3. The SMILES string of the molecule is O=[N+]([O-])c1ccc(CNc2cc(-c3cccc(OC(F)(F)F)c3)nc(NCCO)n2)cc1. The summed E-state index contributed by atoms with van der Waals surface area (Å²) in [5.74, 6) is 0.125. The van der Waals surface area contributed by atoms with Crippen molar-refractivity contribution in [3.63, 3.8) is 0 Å². The molecule has 0 atom stereocenters. The molecule has 0 fully saturated rings. The molecule has 9 nitrogen and oxygen atoms in total. The Labute approximate surface area is 180 Å². The summed E-state index contributed by atoms with van der Waals surface area (Å²) in [5, 5.41) is 25.7. The summed E-state index contributed by atoms with van der Waals surface area (Å²) < 4.78 is 41.6. The number of nitro benzene ring substituents is 1. The summed E-state index contributed by atoms with van der Waals surface area (Å²) in [4.78, 5) is 18.8. The highest BCUT2D eigenvalue weighted by molar-refractivity contribution is 5.66. The Morgan fingerprint density at radius 3 is 2.47 bits per heavy atom. The first-order valence-corrected chi connectivity index (χ1v) is 9.31. The number of aliphatic hydroxyl groups is 1. The number of nitro groups is 1. The van der Waals surface area contributed by atoms with E-state index in [1.165, 1.54) is 30.3 Å². The first-order chi connectivity index (χ1) is 15.2. The van der Waals surface area contributed by atoms with Crippen LogP contribution in [0.4, 0.5) is 30.6 Å². The van der Waals surface area contributed by atoms with Gasteiger partial charge in [0.1, 0.15) is 11.6 Å². The smallest absolute Gasteiger partial charge is 0.406 e. The average molecular weight is 449 g/mol. The third kappa shape index (κ3) is 6.54. The normalized spacial score (nSPS) is 11.1. The molecule has 0 aliphatic rings. The van der Waals surface area contributed by atoms with Crippen LogP contribution in [-0.4, -0.2) is 39.5 Å². The van der Waals surface area contributed by atoms with E-state index in [-0.39, 0.29) is 37.1 Å². The Kier molecular flexibility index (Phi) is 7.05. The van der Waals surface area contributed by atoms with E-state index in [2.05, 4.69) is 25.3 Å². The van der Waals surface area contributed by atoms with Crippen molar-refractivity contribution in [2.45, 2.75) is 12.9 Å². The fraction of sp³-hybridized carbons (Fsp3) is 0.200. The van der Waals surface area contributed by atoms with Crippen LogP contribution in [0, 0.1) is 10.1 Å². The molecule has 32 heavy (non-hydrogen) atoms. The number of rotatable bonds is 9. The lowest BCUT2D eigenvalue weighted by Gasteiger charge is -2.13. The molecule has 3 rings (SSSR count). The number of halogens is 3. The van der Waals surface area contributed by atoms with Gasteiger partial charge in [-0.2, -0.15) is 4.98 Å². The van der Waals surface area contributed by atoms with Gasteiger partial charge in [0.05, 0.1) is 17.2 Å². The molecule has 168 valence electrons. The zero-order valence-electron chi connectivity index (χ0n) is 16.5. The molecule has 0 bridgehead atoms. The second kappa shape index (κ2) is 9.92. The Hall–Kier alpha value is -3.93. The van der Waals surface area contributed by atoms with Crippen LogP contribution in [-0.2, 0) is 6.54 Å². The molecule has 0 spiro atoms. The van der Waals surface area contributed by atoms with E-state index >= 15 is 0 Å². The molecule has 0 aliphatic heterocycles. The predicted octanol–water partition coefficient (Wildman–Crippen LogP) is 3.97. The van der Waals surface area contributed by atoms with Crippen molar-refractivity contribution < 1.29 is 27.9 Å². The first-order valence-electron chi connectivity index (χ1n) is 9.31. The maximum Gasteiger partial charge on any atom is 0.573 e. The molecule has 0 saturated heterocycles. The summed E-state index contributed by atoms with van der Waals surface area (Å²) in [6.45, 7) is 0.279. The van der Waals surface area contributed by atoms with Crippen LogP contribution < -0.4 is 15.4 Å². The standard InChI is InChI=1S/C20H18F3N5O4/c21-20(22,23)32-16-3-1-2-14(10-16)17-11-18(27-19(26-17)24-8-9-29)25-12-13-4-6-15(7-5-13)28(30)31/h1-7,10-11,29H,8-9,12H2,(H2,24,25,26,27). The number of nitrogens with zero attached hydrogens (tertiary/aromatic N) is 3. The molecule has 3 aromatic rings. The molecule has 0 aliphatic carbocycles. The van der Waals surface area contributed by atoms with Crippen LogP contribution in [0.1, 0.15) is 5.56 Å². The number of non-ortho nitro benzene ring substituents is 1. The van der Waals surface area contributed by atoms with Gasteiger partial charge in [-0.3, -0.25) is 10.1 Å². The summed E-state index contributed by atoms with van der Waals surface area (Å²) in [5.41, 5.74) is 1.40. The largest absolute Gasteiger partial charge is 0.573 e. The Morgan fingerprint density at radius 1 is 1.06 bits per heavy atom. The number of benzene rings is 2.